The minimum atomic E-state index is -1.26. The zero-order valence-corrected chi connectivity index (χ0v) is 11.4. The van der Waals surface area contributed by atoms with E-state index in [1.165, 1.54) is 19.0 Å². The summed E-state index contributed by atoms with van der Waals surface area (Å²) in [5, 5.41) is 11.4. The molecule has 1 atom stereocenters. The highest BCUT2D eigenvalue weighted by molar-refractivity contribution is 6.08. The Morgan fingerprint density at radius 2 is 2.05 bits per heavy atom. The molecular weight excluding hydrogens is 248 g/mol. The molecule has 1 rings (SSSR count). The van der Waals surface area contributed by atoms with Crippen LogP contribution in [0.4, 0.5) is 5.69 Å². The van der Waals surface area contributed by atoms with Gasteiger partial charge in [-0.1, -0.05) is 0 Å². The zero-order valence-electron chi connectivity index (χ0n) is 11.4. The van der Waals surface area contributed by atoms with Crippen molar-refractivity contribution in [3.05, 3.63) is 23.8 Å². The molecule has 2 N–H and O–H groups in total. The molecule has 1 unspecified atom stereocenters. The number of methoxy groups -OCH3 is 1. The molecule has 0 aromatic heterocycles. The molecule has 6 nitrogen and oxygen atoms in total. The van der Waals surface area contributed by atoms with E-state index in [-0.39, 0.29) is 0 Å². The third kappa shape index (κ3) is 3.23. The van der Waals surface area contributed by atoms with Crippen molar-refractivity contribution in [3.8, 4) is 5.75 Å². The number of hydrogen-bond donors (Lipinski definition) is 2. The van der Waals surface area contributed by atoms with Gasteiger partial charge in [-0.25, -0.2) is 4.79 Å². The second kappa shape index (κ2) is 6.19. The van der Waals surface area contributed by atoms with Crippen LogP contribution in [0, 0.1) is 6.92 Å². The lowest BCUT2D eigenvalue weighted by atomic mass is 10.1. The Hall–Kier alpha value is -2.08. The Labute approximate surface area is 112 Å². The molecular formula is C13H18N2O4. The SMILES string of the molecule is CNC(C(=O)O)C(=O)N(C)c1ccc(OC)c(C)c1. The van der Waals surface area contributed by atoms with Crippen molar-refractivity contribution in [2.45, 2.75) is 13.0 Å². The number of carbonyl (C=O) groups excluding carboxylic acids is 1. The highest BCUT2D eigenvalue weighted by Crippen LogP contribution is 2.23. The predicted octanol–water partition coefficient (Wildman–Crippen LogP) is 0.639. The van der Waals surface area contributed by atoms with Crippen LogP contribution in [0.5, 0.6) is 5.75 Å². The van der Waals surface area contributed by atoms with Crippen LogP contribution >= 0.6 is 0 Å². The molecule has 0 aliphatic carbocycles. The van der Waals surface area contributed by atoms with Gasteiger partial charge in [0.15, 0.2) is 6.04 Å². The van der Waals surface area contributed by atoms with Crippen LogP contribution in [0.3, 0.4) is 0 Å². The summed E-state index contributed by atoms with van der Waals surface area (Å²) in [5.74, 6) is -1.02. The van der Waals surface area contributed by atoms with E-state index in [0.29, 0.717) is 11.4 Å². The van der Waals surface area contributed by atoms with Crippen molar-refractivity contribution in [2.75, 3.05) is 26.1 Å². The number of rotatable bonds is 5. The van der Waals surface area contributed by atoms with Crippen LogP contribution in [0.15, 0.2) is 18.2 Å². The summed E-state index contributed by atoms with van der Waals surface area (Å²) in [4.78, 5) is 24.3. The molecule has 1 aromatic carbocycles. The van der Waals surface area contributed by atoms with Crippen LogP contribution < -0.4 is 15.0 Å². The Morgan fingerprint density at radius 1 is 1.42 bits per heavy atom. The number of carboxylic acid groups (broad SMARTS) is 1. The van der Waals surface area contributed by atoms with Gasteiger partial charge in [-0.2, -0.15) is 0 Å². The van der Waals surface area contributed by atoms with Gasteiger partial charge in [0.1, 0.15) is 5.75 Å². The van der Waals surface area contributed by atoms with Gasteiger partial charge in [0.25, 0.3) is 5.91 Å². The largest absolute Gasteiger partial charge is 0.496 e. The zero-order chi connectivity index (χ0) is 14.6. The summed E-state index contributed by atoms with van der Waals surface area (Å²) < 4.78 is 5.14. The summed E-state index contributed by atoms with van der Waals surface area (Å²) >= 11 is 0. The number of benzene rings is 1. The van der Waals surface area contributed by atoms with E-state index in [1.807, 2.05) is 6.92 Å². The monoisotopic (exact) mass is 266 g/mol. The van der Waals surface area contributed by atoms with Gasteiger partial charge in [0, 0.05) is 12.7 Å². The number of aryl methyl sites for hydroxylation is 1. The normalized spacial score (nSPS) is 11.8. The second-order valence-corrected chi connectivity index (χ2v) is 4.11. The number of carbonyl (C=O) groups is 2. The Balaban J connectivity index is 2.99. The van der Waals surface area contributed by atoms with E-state index in [1.54, 1.807) is 25.3 Å². The first-order valence-corrected chi connectivity index (χ1v) is 5.74. The van der Waals surface area contributed by atoms with Gasteiger partial charge >= 0.3 is 5.97 Å². The van der Waals surface area contributed by atoms with E-state index < -0.39 is 17.9 Å². The molecule has 0 fully saturated rings. The number of nitrogens with one attached hydrogen (secondary N) is 1. The third-order valence-electron chi connectivity index (χ3n) is 2.88. The molecule has 0 heterocycles. The van der Waals surface area contributed by atoms with Crippen molar-refractivity contribution in [1.29, 1.82) is 0 Å². The fourth-order valence-electron chi connectivity index (χ4n) is 1.74. The maximum Gasteiger partial charge on any atom is 0.330 e. The summed E-state index contributed by atoms with van der Waals surface area (Å²) in [6, 6.07) is 3.96. The molecule has 6 heteroatoms. The van der Waals surface area contributed by atoms with Crippen molar-refractivity contribution >= 4 is 17.6 Å². The minimum absolute atomic E-state index is 0.528. The minimum Gasteiger partial charge on any atom is -0.496 e. The van der Waals surface area contributed by atoms with Crippen LogP contribution in [0.1, 0.15) is 5.56 Å². The molecule has 1 aromatic rings. The number of ether oxygens (including phenoxy) is 1. The van der Waals surface area contributed by atoms with E-state index in [0.717, 1.165) is 5.56 Å². The van der Waals surface area contributed by atoms with Crippen molar-refractivity contribution in [3.63, 3.8) is 0 Å². The molecule has 0 saturated carbocycles. The van der Waals surface area contributed by atoms with Gasteiger partial charge in [-0.15, -0.1) is 0 Å². The molecule has 0 spiro atoms. The molecule has 0 saturated heterocycles. The van der Waals surface area contributed by atoms with Crippen LogP contribution in [0.25, 0.3) is 0 Å². The number of nitrogens with zero attached hydrogens (tertiary/aromatic N) is 1. The van der Waals surface area contributed by atoms with Gasteiger partial charge in [-0.3, -0.25) is 10.1 Å². The van der Waals surface area contributed by atoms with E-state index in [2.05, 4.69) is 5.32 Å². The Kier molecular flexibility index (Phi) is 4.88. The van der Waals surface area contributed by atoms with E-state index in [4.69, 9.17) is 9.84 Å². The van der Waals surface area contributed by atoms with Crippen LogP contribution in [-0.4, -0.2) is 44.2 Å². The number of carboxylic acids is 1. The molecule has 0 aliphatic rings. The number of amides is 1. The van der Waals surface area contributed by atoms with Crippen LogP contribution in [-0.2, 0) is 9.59 Å². The first-order valence-electron chi connectivity index (χ1n) is 5.74. The molecule has 1 amide bonds. The Morgan fingerprint density at radius 3 is 2.47 bits per heavy atom. The lowest BCUT2D eigenvalue weighted by Crippen LogP contribution is -2.48. The Bertz CT molecular complexity index is 488. The summed E-state index contributed by atoms with van der Waals surface area (Å²) in [6.45, 7) is 1.85. The number of likely N-dealkylation sites (N-methyl/N-ethyl adjacent to an activating group) is 2. The average Bonchev–Trinajstić information content (AvgIpc) is 2.37. The van der Waals surface area contributed by atoms with E-state index in [9.17, 15) is 9.59 Å². The first kappa shape index (κ1) is 15.0. The molecule has 19 heavy (non-hydrogen) atoms. The van der Waals surface area contributed by atoms with Crippen molar-refractivity contribution < 1.29 is 19.4 Å². The maximum absolute atomic E-state index is 12.0. The standard InChI is InChI=1S/C13H18N2O4/c1-8-7-9(5-6-10(8)19-4)15(3)12(16)11(14-2)13(17)18/h5-7,11,14H,1-4H3,(H,17,18). The highest BCUT2D eigenvalue weighted by atomic mass is 16.5. The lowest BCUT2D eigenvalue weighted by molar-refractivity contribution is -0.143. The van der Waals surface area contributed by atoms with Crippen LogP contribution in [0.2, 0.25) is 0 Å². The van der Waals surface area contributed by atoms with Gasteiger partial charge in [0.05, 0.1) is 7.11 Å². The van der Waals surface area contributed by atoms with Gasteiger partial charge in [-0.05, 0) is 37.7 Å². The highest BCUT2D eigenvalue weighted by Gasteiger charge is 2.28. The topological polar surface area (TPSA) is 78.9 Å². The average molecular weight is 266 g/mol. The second-order valence-electron chi connectivity index (χ2n) is 4.11. The van der Waals surface area contributed by atoms with Crippen molar-refractivity contribution in [1.82, 2.24) is 5.32 Å². The predicted molar refractivity (Wildman–Crippen MR) is 71.6 cm³/mol. The summed E-state index contributed by atoms with van der Waals surface area (Å²) in [7, 11) is 4.54. The lowest BCUT2D eigenvalue weighted by Gasteiger charge is -2.22. The summed E-state index contributed by atoms with van der Waals surface area (Å²) in [5.41, 5.74) is 1.49. The quantitative estimate of drug-likeness (QED) is 0.765. The number of aliphatic carboxylic acids is 1. The first-order chi connectivity index (χ1) is 8.92. The molecule has 0 bridgehead atoms. The fraction of sp³-hybridized carbons (Fsp3) is 0.385. The maximum atomic E-state index is 12.0. The molecule has 104 valence electrons. The fourth-order valence-corrected chi connectivity index (χ4v) is 1.74. The van der Waals surface area contributed by atoms with Crippen molar-refractivity contribution in [2.24, 2.45) is 0 Å². The summed E-state index contributed by atoms with van der Waals surface area (Å²) in [6.07, 6.45) is 0. The number of anilines is 1. The van der Waals surface area contributed by atoms with Gasteiger partial charge < -0.3 is 14.7 Å². The molecule has 0 aliphatic heterocycles. The van der Waals surface area contributed by atoms with Gasteiger partial charge in [0.2, 0.25) is 0 Å². The molecule has 0 radical (unpaired) electrons. The van der Waals surface area contributed by atoms with E-state index >= 15 is 0 Å². The third-order valence-corrected chi connectivity index (χ3v) is 2.88. The smallest absolute Gasteiger partial charge is 0.330 e. The number of hydrogen-bond acceptors (Lipinski definition) is 4.